The second-order valence-corrected chi connectivity index (χ2v) is 5.84. The number of halogens is 1. The Morgan fingerprint density at radius 3 is 2.10 bits per heavy atom. The second-order valence-electron chi connectivity index (χ2n) is 5.84. The normalized spacial score (nSPS) is 13.2. The molecule has 0 aliphatic rings. The number of hydrogen-bond acceptors (Lipinski definition) is 2. The lowest BCUT2D eigenvalue weighted by molar-refractivity contribution is 0.190. The van der Waals surface area contributed by atoms with E-state index in [4.69, 9.17) is 5.73 Å². The van der Waals surface area contributed by atoms with E-state index in [9.17, 15) is 0 Å². The summed E-state index contributed by atoms with van der Waals surface area (Å²) in [5.74, 6) is 1.57. The summed E-state index contributed by atoms with van der Waals surface area (Å²) in [6, 6.07) is 0.374. The average molecular weight is 408 g/mol. The topological polar surface area (TPSA) is 53.6 Å². The van der Waals surface area contributed by atoms with E-state index in [1.807, 2.05) is 12.2 Å². The summed E-state index contributed by atoms with van der Waals surface area (Å²) in [4.78, 5) is 6.67. The van der Waals surface area contributed by atoms with E-state index in [0.29, 0.717) is 23.8 Å². The predicted molar refractivity (Wildman–Crippen MR) is 105 cm³/mol. The summed E-state index contributed by atoms with van der Waals surface area (Å²) in [6.07, 6.45) is 3.85. The van der Waals surface area contributed by atoms with Crippen molar-refractivity contribution in [3.8, 4) is 0 Å². The standard InChI is InChI=1S/C16H32N4.HI/c1-7-9-20(10-8-2)15(14(5)6)12-19-16(17)18-11-13(3)4;/h7-8,13-15H,1-2,9-12H2,3-6H3,(H3,17,18,19);1H. The number of nitrogens with one attached hydrogen (secondary N) is 1. The molecular formula is C16H33IN4. The maximum Gasteiger partial charge on any atom is 0.188 e. The van der Waals surface area contributed by atoms with Gasteiger partial charge in [-0.1, -0.05) is 39.8 Å². The van der Waals surface area contributed by atoms with Crippen LogP contribution in [0.1, 0.15) is 27.7 Å². The number of nitrogens with zero attached hydrogens (tertiary/aromatic N) is 2. The highest BCUT2D eigenvalue weighted by Crippen LogP contribution is 2.10. The van der Waals surface area contributed by atoms with Crippen LogP contribution in [-0.4, -0.2) is 43.1 Å². The molecule has 3 N–H and O–H groups in total. The summed E-state index contributed by atoms with van der Waals surface area (Å²) in [5, 5.41) is 3.23. The Labute approximate surface area is 148 Å². The lowest BCUT2D eigenvalue weighted by Crippen LogP contribution is -2.48. The molecule has 5 heteroatoms. The zero-order valence-corrected chi connectivity index (χ0v) is 16.3. The predicted octanol–water partition coefficient (Wildman–Crippen LogP) is 2.86. The first-order valence-electron chi connectivity index (χ1n) is 7.41. The van der Waals surface area contributed by atoms with Crippen LogP contribution in [0.25, 0.3) is 0 Å². The first-order valence-corrected chi connectivity index (χ1v) is 7.41. The van der Waals surface area contributed by atoms with Gasteiger partial charge < -0.3 is 11.1 Å². The van der Waals surface area contributed by atoms with E-state index in [1.54, 1.807) is 0 Å². The summed E-state index contributed by atoms with van der Waals surface area (Å²) >= 11 is 0. The van der Waals surface area contributed by atoms with Crippen LogP contribution < -0.4 is 11.1 Å². The molecule has 0 saturated heterocycles. The van der Waals surface area contributed by atoms with Crippen LogP contribution in [-0.2, 0) is 0 Å². The number of aliphatic imine (C=N–C) groups is 1. The molecule has 0 aromatic carbocycles. The van der Waals surface area contributed by atoms with Gasteiger partial charge in [-0.25, -0.2) is 0 Å². The Balaban J connectivity index is 0. The molecule has 0 radical (unpaired) electrons. The number of nitrogens with two attached hydrogens (primary N) is 1. The molecule has 0 fully saturated rings. The molecular weight excluding hydrogens is 375 g/mol. The third-order valence-electron chi connectivity index (χ3n) is 3.08. The van der Waals surface area contributed by atoms with Crippen LogP contribution in [0.3, 0.4) is 0 Å². The minimum Gasteiger partial charge on any atom is -0.370 e. The Hall–Kier alpha value is -0.560. The molecule has 0 aliphatic heterocycles. The average Bonchev–Trinajstić information content (AvgIpc) is 2.36. The van der Waals surface area contributed by atoms with Gasteiger partial charge in [0, 0.05) is 32.2 Å². The first-order chi connectivity index (χ1) is 9.42. The summed E-state index contributed by atoms with van der Waals surface area (Å²) < 4.78 is 0. The molecule has 0 saturated carbocycles. The van der Waals surface area contributed by atoms with E-state index in [-0.39, 0.29) is 24.0 Å². The van der Waals surface area contributed by atoms with Gasteiger partial charge >= 0.3 is 0 Å². The molecule has 0 aliphatic carbocycles. The van der Waals surface area contributed by atoms with Crippen molar-refractivity contribution in [2.24, 2.45) is 22.6 Å². The Morgan fingerprint density at radius 1 is 1.19 bits per heavy atom. The van der Waals surface area contributed by atoms with Crippen molar-refractivity contribution in [1.29, 1.82) is 0 Å². The Bertz CT molecular complexity index is 303. The lowest BCUT2D eigenvalue weighted by atomic mass is 10.0. The van der Waals surface area contributed by atoms with Gasteiger partial charge in [0.1, 0.15) is 0 Å². The summed E-state index contributed by atoms with van der Waals surface area (Å²) in [7, 11) is 0. The first kappa shape index (κ1) is 22.7. The fourth-order valence-corrected chi connectivity index (χ4v) is 2.01. The molecule has 1 unspecified atom stereocenters. The zero-order valence-electron chi connectivity index (χ0n) is 14.0. The van der Waals surface area contributed by atoms with E-state index >= 15 is 0 Å². The number of rotatable bonds is 10. The monoisotopic (exact) mass is 408 g/mol. The van der Waals surface area contributed by atoms with Gasteiger partial charge in [0.25, 0.3) is 0 Å². The molecule has 0 spiro atoms. The van der Waals surface area contributed by atoms with Crippen LogP contribution in [0.4, 0.5) is 0 Å². The van der Waals surface area contributed by atoms with E-state index in [0.717, 1.165) is 26.2 Å². The molecule has 0 amide bonds. The van der Waals surface area contributed by atoms with Crippen molar-refractivity contribution in [2.75, 3.05) is 26.2 Å². The van der Waals surface area contributed by atoms with Crippen molar-refractivity contribution in [2.45, 2.75) is 33.7 Å². The van der Waals surface area contributed by atoms with Gasteiger partial charge in [0.05, 0.1) is 0 Å². The van der Waals surface area contributed by atoms with Crippen molar-refractivity contribution < 1.29 is 0 Å². The largest absolute Gasteiger partial charge is 0.370 e. The molecule has 0 bridgehead atoms. The number of hydrogen-bond donors (Lipinski definition) is 2. The van der Waals surface area contributed by atoms with Crippen LogP contribution in [0, 0.1) is 11.8 Å². The molecule has 124 valence electrons. The fourth-order valence-electron chi connectivity index (χ4n) is 2.01. The quantitative estimate of drug-likeness (QED) is 0.253. The van der Waals surface area contributed by atoms with E-state index in [1.165, 1.54) is 0 Å². The molecule has 4 nitrogen and oxygen atoms in total. The maximum atomic E-state index is 5.90. The third kappa shape index (κ3) is 10.8. The smallest absolute Gasteiger partial charge is 0.188 e. The zero-order chi connectivity index (χ0) is 15.5. The minimum absolute atomic E-state index is 0. The van der Waals surface area contributed by atoms with Crippen molar-refractivity contribution >= 4 is 29.9 Å². The van der Waals surface area contributed by atoms with Gasteiger partial charge in [-0.2, -0.15) is 0 Å². The third-order valence-corrected chi connectivity index (χ3v) is 3.08. The summed E-state index contributed by atoms with van der Waals surface area (Å²) in [5.41, 5.74) is 5.90. The molecule has 0 heterocycles. The van der Waals surface area contributed by atoms with Gasteiger partial charge in [-0.05, 0) is 11.8 Å². The van der Waals surface area contributed by atoms with Crippen molar-refractivity contribution in [3.05, 3.63) is 25.3 Å². The van der Waals surface area contributed by atoms with E-state index < -0.39 is 0 Å². The highest BCUT2D eigenvalue weighted by molar-refractivity contribution is 14.0. The second kappa shape index (κ2) is 13.1. The van der Waals surface area contributed by atoms with Crippen LogP contribution in [0.15, 0.2) is 30.3 Å². The molecule has 0 rings (SSSR count). The van der Waals surface area contributed by atoms with Gasteiger partial charge in [-0.3, -0.25) is 9.89 Å². The fraction of sp³-hybridized carbons (Fsp3) is 0.688. The van der Waals surface area contributed by atoms with Gasteiger partial charge in [-0.15, -0.1) is 37.1 Å². The minimum atomic E-state index is 0. The van der Waals surface area contributed by atoms with Gasteiger partial charge in [0.2, 0.25) is 0 Å². The highest BCUT2D eigenvalue weighted by atomic mass is 127. The maximum absolute atomic E-state index is 5.90. The van der Waals surface area contributed by atoms with Crippen LogP contribution in [0.5, 0.6) is 0 Å². The lowest BCUT2D eigenvalue weighted by Gasteiger charge is -2.33. The Kier molecular flexibility index (Phi) is 14.2. The highest BCUT2D eigenvalue weighted by Gasteiger charge is 2.20. The molecule has 0 aromatic rings. The van der Waals surface area contributed by atoms with Crippen LogP contribution in [0.2, 0.25) is 0 Å². The van der Waals surface area contributed by atoms with Gasteiger partial charge in [0.15, 0.2) is 5.96 Å². The Morgan fingerprint density at radius 2 is 1.71 bits per heavy atom. The van der Waals surface area contributed by atoms with Crippen molar-refractivity contribution in [1.82, 2.24) is 10.2 Å². The molecule has 21 heavy (non-hydrogen) atoms. The van der Waals surface area contributed by atoms with E-state index in [2.05, 4.69) is 56.1 Å². The molecule has 1 atom stereocenters. The molecule has 0 aromatic heterocycles. The SMILES string of the molecule is C=CCN(CC=C)C(CNC(N)=NCC(C)C)C(C)C.I. The summed E-state index contributed by atoms with van der Waals surface area (Å²) in [6.45, 7) is 19.6. The number of guanidine groups is 1. The van der Waals surface area contributed by atoms with Crippen LogP contribution >= 0.6 is 24.0 Å². The van der Waals surface area contributed by atoms with Crippen molar-refractivity contribution in [3.63, 3.8) is 0 Å².